The van der Waals surface area contributed by atoms with E-state index >= 15 is 0 Å². The van der Waals surface area contributed by atoms with Crippen LogP contribution in [0.1, 0.15) is 26.3 Å². The molecule has 0 bridgehead atoms. The molecule has 0 saturated carbocycles. The normalized spacial score (nSPS) is 17.7. The Bertz CT molecular complexity index is 511. The van der Waals surface area contributed by atoms with Crippen molar-refractivity contribution in [3.8, 4) is 5.75 Å². The summed E-state index contributed by atoms with van der Waals surface area (Å²) in [7, 11) is -1.86. The summed E-state index contributed by atoms with van der Waals surface area (Å²) in [6.45, 7) is 12.1. The van der Waals surface area contributed by atoms with Crippen LogP contribution in [0.4, 0.5) is 0 Å². The fourth-order valence-corrected chi connectivity index (χ4v) is 3.31. The third-order valence-electron chi connectivity index (χ3n) is 4.46. The maximum Gasteiger partial charge on any atom is 0.250 e. The molecule has 3 nitrogen and oxygen atoms in total. The second-order valence-corrected chi connectivity index (χ2v) is 12.3. The minimum atomic E-state index is -1.86. The molecule has 1 saturated heterocycles. The van der Waals surface area contributed by atoms with Gasteiger partial charge in [-0.1, -0.05) is 38.4 Å². The van der Waals surface area contributed by atoms with E-state index in [9.17, 15) is 5.11 Å². The number of hydrogen-bond acceptors (Lipinski definition) is 3. The third kappa shape index (κ3) is 3.74. The van der Waals surface area contributed by atoms with E-state index in [4.69, 9.17) is 16.0 Å². The van der Waals surface area contributed by atoms with E-state index < -0.39 is 13.9 Å². The molecule has 0 spiro atoms. The Kier molecular flexibility index (Phi) is 5.45. The molecule has 0 amide bonds. The number of aliphatic hydroxyl groups is 1. The van der Waals surface area contributed by atoms with E-state index in [0.29, 0.717) is 18.1 Å². The van der Waals surface area contributed by atoms with Gasteiger partial charge in [0.05, 0.1) is 5.02 Å². The van der Waals surface area contributed by atoms with Crippen LogP contribution in [0.25, 0.3) is 0 Å². The quantitative estimate of drug-likeness (QED) is 0.812. The summed E-state index contributed by atoms with van der Waals surface area (Å²) >= 11 is 6.32. The highest BCUT2D eigenvalue weighted by Gasteiger charge is 2.40. The van der Waals surface area contributed by atoms with Crippen LogP contribution < -0.4 is 9.74 Å². The molecule has 0 aromatic heterocycles. The van der Waals surface area contributed by atoms with Crippen molar-refractivity contribution >= 4 is 32.3 Å². The first-order valence-electron chi connectivity index (χ1n) is 6.97. The van der Waals surface area contributed by atoms with Crippen molar-refractivity contribution in [2.75, 3.05) is 13.1 Å². The molecule has 0 aliphatic carbocycles. The van der Waals surface area contributed by atoms with E-state index in [-0.39, 0.29) is 17.4 Å². The zero-order chi connectivity index (χ0) is 15.2. The molecule has 0 radical (unpaired) electrons. The number of β-amino-alcohol motifs (C(OH)–C–C–N with tert-alkyl or cyclic N) is 1. The van der Waals surface area contributed by atoms with E-state index in [0.717, 1.165) is 11.3 Å². The summed E-state index contributed by atoms with van der Waals surface area (Å²) in [6, 6.07) is 5.62. The summed E-state index contributed by atoms with van der Waals surface area (Å²) < 4.78 is 6.22. The van der Waals surface area contributed by atoms with Gasteiger partial charge in [0.15, 0.2) is 0 Å². The molecule has 2 N–H and O–H groups in total. The van der Waals surface area contributed by atoms with Crippen molar-refractivity contribution < 1.29 is 9.53 Å². The maximum absolute atomic E-state index is 10.3. The lowest BCUT2D eigenvalue weighted by Gasteiger charge is -2.39. The Balaban J connectivity index is 0.00000220. The Morgan fingerprint density at radius 2 is 1.86 bits per heavy atom. The molecule has 1 heterocycles. The lowest BCUT2D eigenvalue weighted by molar-refractivity contribution is -0.0145. The van der Waals surface area contributed by atoms with Gasteiger partial charge in [0, 0.05) is 18.7 Å². The molecule has 1 aromatic carbocycles. The van der Waals surface area contributed by atoms with Gasteiger partial charge in [-0.05, 0) is 30.3 Å². The average Bonchev–Trinajstić information content (AvgIpc) is 2.24. The number of halogens is 2. The Labute approximate surface area is 139 Å². The smallest absolute Gasteiger partial charge is 0.250 e. The Morgan fingerprint density at radius 1 is 1.29 bits per heavy atom. The van der Waals surface area contributed by atoms with Crippen molar-refractivity contribution in [2.45, 2.75) is 44.5 Å². The largest absolute Gasteiger partial charge is 0.543 e. The van der Waals surface area contributed by atoms with Gasteiger partial charge in [0.1, 0.15) is 11.4 Å². The zero-order valence-corrected chi connectivity index (χ0v) is 15.9. The summed E-state index contributed by atoms with van der Waals surface area (Å²) in [5.41, 5.74) is -0.0486. The maximum atomic E-state index is 10.3. The van der Waals surface area contributed by atoms with Crippen LogP contribution in [-0.2, 0) is 5.60 Å². The molecule has 1 fully saturated rings. The lowest BCUT2D eigenvalue weighted by atomic mass is 9.88. The van der Waals surface area contributed by atoms with Gasteiger partial charge in [0.2, 0.25) is 8.32 Å². The first kappa shape index (κ1) is 18.8. The van der Waals surface area contributed by atoms with Crippen molar-refractivity contribution in [1.29, 1.82) is 0 Å². The third-order valence-corrected chi connectivity index (χ3v) is 9.13. The van der Waals surface area contributed by atoms with Crippen molar-refractivity contribution in [1.82, 2.24) is 5.32 Å². The monoisotopic (exact) mass is 349 g/mol. The summed E-state index contributed by atoms with van der Waals surface area (Å²) in [5, 5.41) is 14.1. The van der Waals surface area contributed by atoms with Gasteiger partial charge < -0.3 is 14.8 Å². The molecular formula is C15H25Cl2NO2Si. The van der Waals surface area contributed by atoms with Gasteiger partial charge in [-0.15, -0.1) is 12.4 Å². The van der Waals surface area contributed by atoms with Gasteiger partial charge in [-0.25, -0.2) is 0 Å². The van der Waals surface area contributed by atoms with E-state index in [1.807, 2.05) is 18.2 Å². The molecule has 6 heteroatoms. The summed E-state index contributed by atoms with van der Waals surface area (Å²) in [6.07, 6.45) is 0. The van der Waals surface area contributed by atoms with Crippen LogP contribution in [0.5, 0.6) is 5.75 Å². The summed E-state index contributed by atoms with van der Waals surface area (Å²) in [4.78, 5) is 0. The molecule has 1 aliphatic heterocycles. The van der Waals surface area contributed by atoms with E-state index in [2.05, 4.69) is 39.2 Å². The Morgan fingerprint density at radius 3 is 2.24 bits per heavy atom. The van der Waals surface area contributed by atoms with E-state index in [1.165, 1.54) is 0 Å². The fourth-order valence-electron chi connectivity index (χ4n) is 1.94. The summed E-state index contributed by atoms with van der Waals surface area (Å²) in [5.74, 6) is 0.793. The standard InChI is InChI=1S/C15H24ClNO2Si.ClH/c1-14(2,3)20(4,5)19-11-6-7-12(13(16)8-11)15(18)9-17-10-15;/h6-8,17-18H,9-10H2,1-5H3;1H. The first-order chi connectivity index (χ1) is 9.05. The number of nitrogens with one attached hydrogen (secondary N) is 1. The second-order valence-electron chi connectivity index (χ2n) is 7.14. The molecule has 120 valence electrons. The van der Waals surface area contributed by atoms with E-state index in [1.54, 1.807) is 0 Å². The van der Waals surface area contributed by atoms with Crippen LogP contribution in [0, 0.1) is 0 Å². The molecular weight excluding hydrogens is 325 g/mol. The minimum Gasteiger partial charge on any atom is -0.543 e. The molecule has 2 rings (SSSR count). The molecule has 1 aromatic rings. The molecule has 21 heavy (non-hydrogen) atoms. The predicted molar refractivity (Wildman–Crippen MR) is 93.3 cm³/mol. The second kappa shape index (κ2) is 6.09. The van der Waals surface area contributed by atoms with Crippen LogP contribution in [0.15, 0.2) is 18.2 Å². The van der Waals surface area contributed by atoms with Gasteiger partial charge in [0.25, 0.3) is 0 Å². The van der Waals surface area contributed by atoms with Crippen LogP contribution in [0.3, 0.4) is 0 Å². The van der Waals surface area contributed by atoms with Crippen molar-refractivity contribution in [3.05, 3.63) is 28.8 Å². The minimum absolute atomic E-state index is 0. The van der Waals surface area contributed by atoms with Gasteiger partial charge in [-0.3, -0.25) is 0 Å². The fraction of sp³-hybridized carbons (Fsp3) is 0.600. The Hall–Kier alpha value is -0.263. The highest BCUT2D eigenvalue weighted by Crippen LogP contribution is 2.39. The van der Waals surface area contributed by atoms with Crippen molar-refractivity contribution in [2.24, 2.45) is 0 Å². The van der Waals surface area contributed by atoms with Gasteiger partial charge in [-0.2, -0.15) is 0 Å². The van der Waals surface area contributed by atoms with Crippen molar-refractivity contribution in [3.63, 3.8) is 0 Å². The topological polar surface area (TPSA) is 41.5 Å². The highest BCUT2D eigenvalue weighted by molar-refractivity contribution is 6.74. The number of rotatable bonds is 3. The van der Waals surface area contributed by atoms with Crippen LogP contribution in [0.2, 0.25) is 23.2 Å². The lowest BCUT2D eigenvalue weighted by Crippen LogP contribution is -2.56. The SMILES string of the molecule is CC(C)(C)[Si](C)(C)Oc1ccc(C2(O)CNC2)c(Cl)c1.Cl. The number of benzene rings is 1. The van der Waals surface area contributed by atoms with Crippen LogP contribution >= 0.6 is 24.0 Å². The zero-order valence-electron chi connectivity index (χ0n) is 13.3. The number of hydrogen-bond donors (Lipinski definition) is 2. The molecule has 0 atom stereocenters. The highest BCUT2D eigenvalue weighted by atomic mass is 35.5. The average molecular weight is 350 g/mol. The molecule has 1 aliphatic rings. The van der Waals surface area contributed by atoms with Crippen LogP contribution in [-0.4, -0.2) is 26.5 Å². The predicted octanol–water partition coefficient (Wildman–Crippen LogP) is 3.94. The van der Waals surface area contributed by atoms with Gasteiger partial charge >= 0.3 is 0 Å². The molecule has 0 unspecified atom stereocenters. The first-order valence-corrected chi connectivity index (χ1v) is 10.3.